The van der Waals surface area contributed by atoms with Crippen LogP contribution in [0.15, 0.2) is 48.5 Å². The molecule has 4 heteroatoms. The third-order valence-electron chi connectivity index (χ3n) is 2.57. The summed E-state index contributed by atoms with van der Waals surface area (Å²) < 4.78 is 5.29. The van der Waals surface area contributed by atoms with Crippen molar-refractivity contribution in [1.29, 1.82) is 0 Å². The van der Waals surface area contributed by atoms with Crippen molar-refractivity contribution in [2.45, 2.75) is 0 Å². The zero-order valence-electron chi connectivity index (χ0n) is 10.0. The molecular weight excluding hydrogens is 244 g/mol. The number of nitrogens with two attached hydrogens (primary N) is 1. The van der Waals surface area contributed by atoms with Gasteiger partial charge in [-0.2, -0.15) is 0 Å². The van der Waals surface area contributed by atoms with Gasteiger partial charge in [0.05, 0.1) is 12.8 Å². The van der Waals surface area contributed by atoms with E-state index in [2.05, 4.69) is 5.32 Å². The second kappa shape index (κ2) is 5.51. The molecule has 2 aromatic rings. The van der Waals surface area contributed by atoms with Crippen molar-refractivity contribution in [3.63, 3.8) is 0 Å². The average Bonchev–Trinajstić information content (AvgIpc) is 2.40. The lowest BCUT2D eigenvalue weighted by Crippen LogP contribution is -2.11. The van der Waals surface area contributed by atoms with Crippen LogP contribution < -0.4 is 15.8 Å². The van der Waals surface area contributed by atoms with E-state index < -0.39 is 0 Å². The Hall–Kier alpha value is -2.07. The number of thiocarbonyl (C=S) groups is 1. The third kappa shape index (κ3) is 2.60. The van der Waals surface area contributed by atoms with Gasteiger partial charge in [0.2, 0.25) is 0 Å². The molecule has 0 heterocycles. The van der Waals surface area contributed by atoms with Crippen molar-refractivity contribution in [1.82, 2.24) is 0 Å². The van der Waals surface area contributed by atoms with Gasteiger partial charge >= 0.3 is 0 Å². The fourth-order valence-electron chi connectivity index (χ4n) is 1.70. The monoisotopic (exact) mass is 258 g/mol. The fourth-order valence-corrected chi connectivity index (χ4v) is 1.88. The molecule has 0 fully saturated rings. The molecule has 0 atom stereocenters. The molecule has 0 saturated carbocycles. The number of benzene rings is 2. The Morgan fingerprint density at radius 2 is 1.67 bits per heavy atom. The van der Waals surface area contributed by atoms with Gasteiger partial charge in [0, 0.05) is 11.3 Å². The second-order valence-corrected chi connectivity index (χ2v) is 4.17. The van der Waals surface area contributed by atoms with Crippen LogP contribution >= 0.6 is 12.2 Å². The van der Waals surface area contributed by atoms with Gasteiger partial charge in [0.15, 0.2) is 0 Å². The van der Waals surface area contributed by atoms with Crippen LogP contribution in [-0.4, -0.2) is 12.1 Å². The Bertz CT molecular complexity index is 569. The van der Waals surface area contributed by atoms with Gasteiger partial charge in [0.1, 0.15) is 10.7 Å². The highest BCUT2D eigenvalue weighted by molar-refractivity contribution is 7.80. The zero-order valence-corrected chi connectivity index (χ0v) is 10.8. The predicted molar refractivity (Wildman–Crippen MR) is 78.6 cm³/mol. The molecule has 0 spiro atoms. The molecule has 0 saturated heterocycles. The highest BCUT2D eigenvalue weighted by atomic mass is 32.1. The van der Waals surface area contributed by atoms with Gasteiger partial charge in [-0.05, 0) is 24.3 Å². The Morgan fingerprint density at radius 3 is 2.33 bits per heavy atom. The van der Waals surface area contributed by atoms with Gasteiger partial charge in [-0.1, -0.05) is 36.5 Å². The number of methoxy groups -OCH3 is 1. The summed E-state index contributed by atoms with van der Waals surface area (Å²) in [7, 11) is 1.64. The van der Waals surface area contributed by atoms with Crippen molar-refractivity contribution in [2.24, 2.45) is 5.73 Å². The quantitative estimate of drug-likeness (QED) is 0.827. The highest BCUT2D eigenvalue weighted by Gasteiger charge is 2.07. The van der Waals surface area contributed by atoms with E-state index in [4.69, 9.17) is 22.7 Å². The van der Waals surface area contributed by atoms with Gasteiger partial charge in [0.25, 0.3) is 0 Å². The number of rotatable bonds is 4. The maximum atomic E-state index is 5.70. The lowest BCUT2D eigenvalue weighted by Gasteiger charge is -2.13. The number of hydrogen-bond acceptors (Lipinski definition) is 3. The van der Waals surface area contributed by atoms with Crippen LogP contribution in [-0.2, 0) is 0 Å². The van der Waals surface area contributed by atoms with Gasteiger partial charge in [-0.3, -0.25) is 0 Å². The lowest BCUT2D eigenvalue weighted by atomic mass is 10.1. The Labute approximate surface area is 112 Å². The first-order chi connectivity index (χ1) is 8.72. The molecule has 0 bridgehead atoms. The Balaban J connectivity index is 2.37. The lowest BCUT2D eigenvalue weighted by molar-refractivity contribution is 0.417. The molecular formula is C14H14N2OS. The van der Waals surface area contributed by atoms with E-state index in [1.807, 2.05) is 48.5 Å². The van der Waals surface area contributed by atoms with Crippen LogP contribution in [0.3, 0.4) is 0 Å². The zero-order chi connectivity index (χ0) is 13.0. The van der Waals surface area contributed by atoms with Crippen molar-refractivity contribution >= 4 is 28.6 Å². The summed E-state index contributed by atoms with van der Waals surface area (Å²) >= 11 is 5.03. The van der Waals surface area contributed by atoms with Crippen molar-refractivity contribution < 1.29 is 4.74 Å². The molecule has 3 N–H and O–H groups in total. The molecule has 18 heavy (non-hydrogen) atoms. The molecule has 0 aliphatic rings. The molecule has 2 aromatic carbocycles. The van der Waals surface area contributed by atoms with Crippen LogP contribution in [0.5, 0.6) is 5.75 Å². The number of nitrogens with one attached hydrogen (secondary N) is 1. The van der Waals surface area contributed by atoms with E-state index in [0.717, 1.165) is 22.7 Å². The summed E-state index contributed by atoms with van der Waals surface area (Å²) in [5, 5.41) is 3.28. The Kier molecular flexibility index (Phi) is 3.79. The molecule has 3 nitrogen and oxygen atoms in total. The maximum absolute atomic E-state index is 5.70. The van der Waals surface area contributed by atoms with Gasteiger partial charge in [-0.25, -0.2) is 0 Å². The maximum Gasteiger partial charge on any atom is 0.142 e. The van der Waals surface area contributed by atoms with E-state index >= 15 is 0 Å². The molecule has 0 radical (unpaired) electrons. The molecule has 0 aliphatic heterocycles. The van der Waals surface area contributed by atoms with E-state index in [1.165, 1.54) is 0 Å². The summed E-state index contributed by atoms with van der Waals surface area (Å²) in [6, 6.07) is 15.3. The summed E-state index contributed by atoms with van der Waals surface area (Å²) in [5.41, 5.74) is 8.27. The van der Waals surface area contributed by atoms with E-state index in [1.54, 1.807) is 7.11 Å². The first-order valence-corrected chi connectivity index (χ1v) is 5.92. The smallest absolute Gasteiger partial charge is 0.142 e. The topological polar surface area (TPSA) is 47.3 Å². The van der Waals surface area contributed by atoms with Gasteiger partial charge < -0.3 is 15.8 Å². The van der Waals surface area contributed by atoms with Crippen LogP contribution in [0, 0.1) is 0 Å². The van der Waals surface area contributed by atoms with Crippen molar-refractivity contribution in [2.75, 3.05) is 12.4 Å². The summed E-state index contributed by atoms with van der Waals surface area (Å²) in [4.78, 5) is 0.369. The molecule has 0 aromatic heterocycles. The molecule has 2 rings (SSSR count). The molecule has 0 aliphatic carbocycles. The third-order valence-corrected chi connectivity index (χ3v) is 2.79. The Morgan fingerprint density at radius 1 is 1.06 bits per heavy atom. The molecule has 92 valence electrons. The SMILES string of the molecule is COc1ccccc1Nc1ccccc1C(N)=S. The predicted octanol–water partition coefficient (Wildman–Crippen LogP) is 3.07. The minimum atomic E-state index is 0.369. The summed E-state index contributed by atoms with van der Waals surface area (Å²) in [6.45, 7) is 0. The summed E-state index contributed by atoms with van der Waals surface area (Å²) in [6.07, 6.45) is 0. The number of anilines is 2. The van der Waals surface area contributed by atoms with Crippen LogP contribution in [0.2, 0.25) is 0 Å². The van der Waals surface area contributed by atoms with Crippen molar-refractivity contribution in [3.8, 4) is 5.75 Å². The van der Waals surface area contributed by atoms with E-state index in [0.29, 0.717) is 4.99 Å². The van der Waals surface area contributed by atoms with Gasteiger partial charge in [-0.15, -0.1) is 0 Å². The minimum absolute atomic E-state index is 0.369. The van der Waals surface area contributed by atoms with Crippen LogP contribution in [0.25, 0.3) is 0 Å². The van der Waals surface area contributed by atoms with Crippen LogP contribution in [0.4, 0.5) is 11.4 Å². The second-order valence-electron chi connectivity index (χ2n) is 3.74. The summed E-state index contributed by atoms with van der Waals surface area (Å²) in [5.74, 6) is 0.773. The van der Waals surface area contributed by atoms with E-state index in [-0.39, 0.29) is 0 Å². The number of ether oxygens (including phenoxy) is 1. The van der Waals surface area contributed by atoms with Crippen LogP contribution in [0.1, 0.15) is 5.56 Å². The minimum Gasteiger partial charge on any atom is -0.495 e. The number of para-hydroxylation sites is 3. The average molecular weight is 258 g/mol. The van der Waals surface area contributed by atoms with Crippen molar-refractivity contribution in [3.05, 3.63) is 54.1 Å². The first kappa shape index (κ1) is 12.4. The fraction of sp³-hybridized carbons (Fsp3) is 0.0714. The molecule has 0 amide bonds. The molecule has 0 unspecified atom stereocenters. The highest BCUT2D eigenvalue weighted by Crippen LogP contribution is 2.28. The normalized spacial score (nSPS) is 9.83. The number of hydrogen-bond donors (Lipinski definition) is 2. The van der Waals surface area contributed by atoms with E-state index in [9.17, 15) is 0 Å². The standard InChI is InChI=1S/C14H14N2OS/c1-17-13-9-5-4-8-12(13)16-11-7-3-2-6-10(11)14(15)18/h2-9,16H,1H3,(H2,15,18). The largest absolute Gasteiger partial charge is 0.495 e. The first-order valence-electron chi connectivity index (χ1n) is 5.51.